The lowest BCUT2D eigenvalue weighted by Gasteiger charge is -2.03. The first-order valence-corrected chi connectivity index (χ1v) is 7.48. The fraction of sp³-hybridized carbons (Fsp3) is 1.00. The van der Waals surface area contributed by atoms with Crippen molar-refractivity contribution in [3.05, 3.63) is 0 Å². The first-order valence-electron chi connectivity index (χ1n) is 2.24. The summed E-state index contributed by atoms with van der Waals surface area (Å²) in [5.74, 6) is 0. The van der Waals surface area contributed by atoms with E-state index in [1.54, 1.807) is 0 Å². The van der Waals surface area contributed by atoms with Crippen molar-refractivity contribution >= 4 is 39.2 Å². The van der Waals surface area contributed by atoms with Gasteiger partial charge in [0.15, 0.2) is 0 Å². The molecule has 0 bridgehead atoms. The van der Waals surface area contributed by atoms with E-state index in [1.807, 2.05) is 0 Å². The third-order valence-corrected chi connectivity index (χ3v) is 3.24. The summed E-state index contributed by atoms with van der Waals surface area (Å²) in [6.07, 6.45) is 0.600. The first-order chi connectivity index (χ1) is 3.56. The van der Waals surface area contributed by atoms with E-state index in [9.17, 15) is 0 Å². The van der Waals surface area contributed by atoms with Crippen molar-refractivity contribution in [1.82, 2.24) is 0 Å². The summed E-state index contributed by atoms with van der Waals surface area (Å²) in [4.78, 5) is 0. The van der Waals surface area contributed by atoms with Crippen LogP contribution < -0.4 is 0 Å². The largest absolute Gasteiger partial charge is 0.396 e. The monoisotopic (exact) mass is 192 g/mol. The Balaban J connectivity index is 3.11. The molecule has 0 rings (SSSR count). The highest BCUT2D eigenvalue weighted by molar-refractivity contribution is 7.64. The molecule has 1 nitrogen and oxygen atoms in total. The van der Waals surface area contributed by atoms with Gasteiger partial charge in [0.25, 0.3) is 0 Å². The Labute approximate surface area is 63.7 Å². The number of rotatable bonds is 3. The lowest BCUT2D eigenvalue weighted by Crippen LogP contribution is -2.08. The molecule has 50 valence electrons. The Bertz CT molecular complexity index is 62.0. The normalized spacial score (nSPS) is 12.0. The Kier molecular flexibility index (Phi) is 4.48. The van der Waals surface area contributed by atoms with Crippen molar-refractivity contribution in [3.8, 4) is 0 Å². The quantitative estimate of drug-likeness (QED) is 0.537. The molecule has 0 radical (unpaired) electrons. The molecule has 0 amide bonds. The lowest BCUT2D eigenvalue weighted by molar-refractivity contribution is 0.295. The topological polar surface area (TPSA) is 20.2 Å². The van der Waals surface area contributed by atoms with Gasteiger partial charge in [0.1, 0.15) is 0 Å². The molecule has 0 aliphatic rings. The Morgan fingerprint density at radius 1 is 1.25 bits per heavy atom. The fourth-order valence-electron chi connectivity index (χ4n) is 0.280. The molecule has 0 aromatic rings. The third kappa shape index (κ3) is 7.05. The van der Waals surface area contributed by atoms with Crippen LogP contribution in [-0.4, -0.2) is 17.7 Å². The maximum absolute atomic E-state index is 8.28. The summed E-state index contributed by atoms with van der Waals surface area (Å²) >= 11 is 16.4. The molecule has 8 heavy (non-hydrogen) atoms. The average Bonchev–Trinajstić information content (AvgIpc) is 1.59. The molecule has 0 aliphatic carbocycles. The van der Waals surface area contributed by atoms with Crippen LogP contribution in [0.2, 0.25) is 6.04 Å². The molecule has 1 N–H and O–H groups in total. The molecule has 0 aliphatic heterocycles. The zero-order chi connectivity index (χ0) is 6.62. The number of hydrogen-bond donors (Lipinski definition) is 1. The first kappa shape index (κ1) is 9.05. The van der Waals surface area contributed by atoms with Crippen LogP contribution in [0.15, 0.2) is 0 Å². The smallest absolute Gasteiger partial charge is 0.341 e. The highest BCUT2D eigenvalue weighted by Crippen LogP contribution is 2.25. The van der Waals surface area contributed by atoms with Crippen LogP contribution in [0.25, 0.3) is 0 Å². The molecule has 0 heterocycles. The summed E-state index contributed by atoms with van der Waals surface area (Å²) in [6.45, 7) is 0.112. The Morgan fingerprint density at radius 3 is 1.88 bits per heavy atom. The maximum atomic E-state index is 8.28. The molecule has 0 aromatic carbocycles. The van der Waals surface area contributed by atoms with Crippen LogP contribution in [0.4, 0.5) is 0 Å². The van der Waals surface area contributed by atoms with Crippen LogP contribution in [0.1, 0.15) is 6.42 Å². The van der Waals surface area contributed by atoms with Crippen LogP contribution in [0.5, 0.6) is 0 Å². The molecule has 0 aromatic heterocycles. The summed E-state index contributed by atoms with van der Waals surface area (Å²) in [5.41, 5.74) is 0. The van der Waals surface area contributed by atoms with Gasteiger partial charge in [0, 0.05) is 6.61 Å². The van der Waals surface area contributed by atoms with E-state index in [0.717, 1.165) is 0 Å². The maximum Gasteiger partial charge on any atom is 0.341 e. The minimum atomic E-state index is -2.42. The van der Waals surface area contributed by atoms with E-state index in [-0.39, 0.29) is 6.61 Å². The van der Waals surface area contributed by atoms with Crippen molar-refractivity contribution in [2.24, 2.45) is 0 Å². The summed E-state index contributed by atoms with van der Waals surface area (Å²) in [6, 6.07) is -1.87. The van der Waals surface area contributed by atoms with Gasteiger partial charge in [-0.1, -0.05) is 0 Å². The predicted octanol–water partition coefficient (Wildman–Crippen LogP) is 2.02. The fourth-order valence-corrected chi connectivity index (χ4v) is 2.04. The van der Waals surface area contributed by atoms with Crippen molar-refractivity contribution in [2.75, 3.05) is 6.61 Å². The summed E-state index contributed by atoms with van der Waals surface area (Å²) < 4.78 is 0. The van der Waals surface area contributed by atoms with E-state index in [2.05, 4.69) is 0 Å². The Morgan fingerprint density at radius 2 is 1.75 bits per heavy atom. The zero-order valence-electron chi connectivity index (χ0n) is 4.20. The highest BCUT2D eigenvalue weighted by atomic mass is 35.8. The highest BCUT2D eigenvalue weighted by Gasteiger charge is 2.23. The minimum Gasteiger partial charge on any atom is -0.396 e. The molecule has 0 atom stereocenters. The summed E-state index contributed by atoms with van der Waals surface area (Å²) in [7, 11) is 0. The van der Waals surface area contributed by atoms with Gasteiger partial charge in [0.2, 0.25) is 0 Å². The van der Waals surface area contributed by atoms with Crippen LogP contribution in [0, 0.1) is 0 Å². The van der Waals surface area contributed by atoms with Gasteiger partial charge in [0.05, 0.1) is 0 Å². The van der Waals surface area contributed by atoms with Gasteiger partial charge < -0.3 is 5.11 Å². The van der Waals surface area contributed by atoms with Crippen molar-refractivity contribution in [1.29, 1.82) is 0 Å². The van der Waals surface area contributed by atoms with Gasteiger partial charge in [-0.15, -0.1) is 33.2 Å². The zero-order valence-corrected chi connectivity index (χ0v) is 7.47. The molecule has 0 fully saturated rings. The molecule has 0 spiro atoms. The van der Waals surface area contributed by atoms with Crippen molar-refractivity contribution in [2.45, 2.75) is 12.5 Å². The van der Waals surface area contributed by atoms with E-state index in [4.69, 9.17) is 38.3 Å². The van der Waals surface area contributed by atoms with Gasteiger partial charge in [-0.3, -0.25) is 0 Å². The van der Waals surface area contributed by atoms with E-state index >= 15 is 0 Å². The lowest BCUT2D eigenvalue weighted by atomic mass is 10.5. The van der Waals surface area contributed by atoms with Gasteiger partial charge in [-0.2, -0.15) is 0 Å². The molecule has 0 saturated carbocycles. The minimum absolute atomic E-state index is 0.112. The van der Waals surface area contributed by atoms with Crippen LogP contribution in [0.3, 0.4) is 0 Å². The molecular weight excluding hydrogens is 186 g/mol. The number of aliphatic hydroxyl groups excluding tert-OH is 1. The number of aliphatic hydroxyl groups is 1. The van der Waals surface area contributed by atoms with E-state index < -0.39 is 6.00 Å². The average molecular weight is 194 g/mol. The molecule has 0 unspecified atom stereocenters. The van der Waals surface area contributed by atoms with E-state index in [0.29, 0.717) is 12.5 Å². The van der Waals surface area contributed by atoms with Crippen LogP contribution >= 0.6 is 33.2 Å². The van der Waals surface area contributed by atoms with Crippen molar-refractivity contribution < 1.29 is 5.11 Å². The molecule has 5 heteroatoms. The summed E-state index contributed by atoms with van der Waals surface area (Å²) in [5, 5.41) is 8.28. The van der Waals surface area contributed by atoms with Gasteiger partial charge in [-0.05, 0) is 12.5 Å². The molecular formula is C3H7Cl3OSi. The number of halogens is 3. The second-order valence-corrected chi connectivity index (χ2v) is 10.7. The van der Waals surface area contributed by atoms with Crippen LogP contribution in [-0.2, 0) is 0 Å². The second-order valence-electron chi connectivity index (χ2n) is 1.44. The van der Waals surface area contributed by atoms with Gasteiger partial charge >= 0.3 is 6.00 Å². The third-order valence-electron chi connectivity index (χ3n) is 0.618. The second kappa shape index (κ2) is 3.96. The van der Waals surface area contributed by atoms with E-state index in [1.165, 1.54) is 0 Å². The molecule has 0 saturated heterocycles. The predicted molar refractivity (Wildman–Crippen MR) is 39.8 cm³/mol. The Hall–Kier alpha value is 1.05. The SMILES string of the molecule is OCCC[Si](Cl)(Cl)Cl. The standard InChI is InChI=1S/C3H7Cl3OSi/c4-8(5,6)3-1-2-7/h7H,1-3H2. The number of hydrogen-bond acceptors (Lipinski definition) is 1. The van der Waals surface area contributed by atoms with Crippen molar-refractivity contribution in [3.63, 3.8) is 0 Å². The van der Waals surface area contributed by atoms with Gasteiger partial charge in [-0.25, -0.2) is 0 Å².